The van der Waals surface area contributed by atoms with Gasteiger partial charge in [0.2, 0.25) is 0 Å². The zero-order chi connectivity index (χ0) is 43.2. The SMILES string of the molecule is CC1(C)c2cc3ccccc3cc2-c2c(-c3cccc(-c4c5ccccc5c(-c5nc(-c6cccc7ccccc67)cc(-c6cccc7ccccc67)n5)c5ccccc45)c3)cccc21. The van der Waals surface area contributed by atoms with Crippen LogP contribution in [0.2, 0.25) is 0 Å². The molecule has 65 heavy (non-hydrogen) atoms. The molecule has 2 nitrogen and oxygen atoms in total. The van der Waals surface area contributed by atoms with E-state index in [1.54, 1.807) is 0 Å². The molecule has 0 aliphatic heterocycles. The van der Waals surface area contributed by atoms with E-state index in [0.717, 1.165) is 49.6 Å². The number of rotatable bonds is 5. The van der Waals surface area contributed by atoms with Gasteiger partial charge in [0.1, 0.15) is 0 Å². The molecule has 0 N–H and O–H groups in total. The Labute approximate surface area is 378 Å². The van der Waals surface area contributed by atoms with Crippen LogP contribution in [0.3, 0.4) is 0 Å². The lowest BCUT2D eigenvalue weighted by Crippen LogP contribution is -2.14. The van der Waals surface area contributed by atoms with Crippen LogP contribution < -0.4 is 0 Å². The third kappa shape index (κ3) is 5.81. The van der Waals surface area contributed by atoms with Gasteiger partial charge in [-0.1, -0.05) is 208 Å². The zero-order valence-corrected chi connectivity index (χ0v) is 36.2. The molecule has 1 aliphatic carbocycles. The van der Waals surface area contributed by atoms with Crippen LogP contribution in [0, 0.1) is 0 Å². The van der Waals surface area contributed by atoms with Crippen molar-refractivity contribution < 1.29 is 0 Å². The number of aromatic nitrogens is 2. The first-order valence-corrected chi connectivity index (χ1v) is 22.6. The van der Waals surface area contributed by atoms with Gasteiger partial charge in [0.15, 0.2) is 5.82 Å². The zero-order valence-electron chi connectivity index (χ0n) is 36.2. The monoisotopic (exact) mass is 826 g/mol. The standard InChI is InChI=1S/C63H42N2/c1-63(2)55-34-16-31-47(60(55)54-36-41-19-3-4-20-42(41)37-56(54)63)43-23-13-24-44(35-43)59-50-27-9-11-29-52(50)61(53-30-12-10-28-51(53)59)62-64-57(48-32-14-21-39-17-5-7-25-45(39)48)38-58(65-62)49-33-15-22-40-18-6-8-26-46(40)49/h3-38H,1-2H3. The van der Waals surface area contributed by atoms with Crippen LogP contribution in [0.25, 0.3) is 121 Å². The molecule has 0 bridgehead atoms. The van der Waals surface area contributed by atoms with Gasteiger partial charge in [-0.05, 0) is 123 Å². The summed E-state index contributed by atoms with van der Waals surface area (Å²) in [5, 5.41) is 11.8. The molecule has 2 heteroatoms. The molecule has 0 unspecified atom stereocenters. The van der Waals surface area contributed by atoms with E-state index in [-0.39, 0.29) is 5.41 Å². The van der Waals surface area contributed by atoms with Crippen LogP contribution in [-0.2, 0) is 5.41 Å². The van der Waals surface area contributed by atoms with E-state index in [9.17, 15) is 0 Å². The van der Waals surface area contributed by atoms with Crippen LogP contribution >= 0.6 is 0 Å². The smallest absolute Gasteiger partial charge is 0.161 e. The largest absolute Gasteiger partial charge is 0.228 e. The third-order valence-corrected chi connectivity index (χ3v) is 14.0. The molecule has 11 aromatic carbocycles. The van der Waals surface area contributed by atoms with Crippen molar-refractivity contribution >= 4 is 53.9 Å². The Morgan fingerprint density at radius 3 is 1.34 bits per heavy atom. The van der Waals surface area contributed by atoms with Gasteiger partial charge in [0, 0.05) is 22.1 Å². The maximum atomic E-state index is 5.56. The van der Waals surface area contributed by atoms with Crippen LogP contribution in [0.15, 0.2) is 218 Å². The van der Waals surface area contributed by atoms with Gasteiger partial charge >= 0.3 is 0 Å². The van der Waals surface area contributed by atoms with Gasteiger partial charge in [0.25, 0.3) is 0 Å². The molecule has 1 aliphatic rings. The summed E-state index contributed by atoms with van der Waals surface area (Å²) in [6.07, 6.45) is 0. The van der Waals surface area contributed by atoms with E-state index >= 15 is 0 Å². The molecule has 0 radical (unpaired) electrons. The van der Waals surface area contributed by atoms with E-state index in [1.165, 1.54) is 76.8 Å². The Kier molecular flexibility index (Phi) is 8.29. The maximum absolute atomic E-state index is 5.56. The molecule has 1 aromatic heterocycles. The molecule has 0 spiro atoms. The first-order valence-electron chi connectivity index (χ1n) is 22.6. The molecule has 0 saturated carbocycles. The average Bonchev–Trinajstić information content (AvgIpc) is 3.59. The summed E-state index contributed by atoms with van der Waals surface area (Å²) < 4.78 is 0. The lowest BCUT2D eigenvalue weighted by atomic mass is 9.81. The first kappa shape index (κ1) is 37.4. The fraction of sp³-hybridized carbons (Fsp3) is 0.0476. The molecule has 0 saturated heterocycles. The van der Waals surface area contributed by atoms with E-state index < -0.39 is 0 Å². The second-order valence-corrected chi connectivity index (χ2v) is 18.0. The predicted molar refractivity (Wildman–Crippen MR) is 274 cm³/mol. The first-order chi connectivity index (χ1) is 32.0. The van der Waals surface area contributed by atoms with Gasteiger partial charge in [-0.25, -0.2) is 9.97 Å². The van der Waals surface area contributed by atoms with Gasteiger partial charge < -0.3 is 0 Å². The summed E-state index contributed by atoms with van der Waals surface area (Å²) in [6.45, 7) is 4.75. The number of hydrogen-bond acceptors (Lipinski definition) is 2. The Morgan fingerprint density at radius 1 is 0.292 bits per heavy atom. The van der Waals surface area contributed by atoms with Crippen LogP contribution in [0.4, 0.5) is 0 Å². The molecular formula is C63H42N2. The highest BCUT2D eigenvalue weighted by atomic mass is 14.9. The molecule has 304 valence electrons. The van der Waals surface area contributed by atoms with E-state index in [0.29, 0.717) is 5.82 Å². The summed E-state index contributed by atoms with van der Waals surface area (Å²) in [6, 6.07) is 79.7. The minimum atomic E-state index is -0.120. The number of hydrogen-bond donors (Lipinski definition) is 0. The summed E-state index contributed by atoms with van der Waals surface area (Å²) in [7, 11) is 0. The Bertz CT molecular complexity index is 3770. The second kappa shape index (κ2) is 14.4. The normalized spacial score (nSPS) is 12.9. The number of fused-ring (bicyclic) bond motifs is 8. The summed E-state index contributed by atoms with van der Waals surface area (Å²) in [4.78, 5) is 11.1. The van der Waals surface area contributed by atoms with Crippen molar-refractivity contribution in [2.45, 2.75) is 19.3 Å². The number of benzene rings is 11. The molecule has 13 rings (SSSR count). The van der Waals surface area contributed by atoms with Gasteiger partial charge in [-0.3, -0.25) is 0 Å². The Morgan fingerprint density at radius 2 is 0.738 bits per heavy atom. The van der Waals surface area contributed by atoms with Crippen molar-refractivity contribution in [2.75, 3.05) is 0 Å². The highest BCUT2D eigenvalue weighted by Gasteiger charge is 2.37. The summed E-state index contributed by atoms with van der Waals surface area (Å²) in [5.74, 6) is 0.708. The van der Waals surface area contributed by atoms with E-state index in [2.05, 4.69) is 232 Å². The minimum absolute atomic E-state index is 0.120. The van der Waals surface area contributed by atoms with Gasteiger partial charge in [-0.15, -0.1) is 0 Å². The van der Waals surface area contributed by atoms with E-state index in [1.807, 2.05) is 0 Å². The average molecular weight is 827 g/mol. The molecule has 12 aromatic rings. The lowest BCUT2D eigenvalue weighted by molar-refractivity contribution is 0.661. The molecule has 0 atom stereocenters. The van der Waals surface area contributed by atoms with Crippen LogP contribution in [-0.4, -0.2) is 9.97 Å². The Balaban J connectivity index is 1.05. The third-order valence-electron chi connectivity index (χ3n) is 14.0. The lowest BCUT2D eigenvalue weighted by Gasteiger charge is -2.22. The Hall–Kier alpha value is -8.20. The molecule has 1 heterocycles. The van der Waals surface area contributed by atoms with Gasteiger partial charge in [-0.2, -0.15) is 0 Å². The maximum Gasteiger partial charge on any atom is 0.161 e. The van der Waals surface area contributed by atoms with Crippen molar-refractivity contribution in [3.63, 3.8) is 0 Å². The molecule has 0 fully saturated rings. The van der Waals surface area contributed by atoms with Gasteiger partial charge in [0.05, 0.1) is 11.4 Å². The molecular weight excluding hydrogens is 785 g/mol. The van der Waals surface area contributed by atoms with Crippen LogP contribution in [0.1, 0.15) is 25.0 Å². The second-order valence-electron chi connectivity index (χ2n) is 18.0. The quantitative estimate of drug-likeness (QED) is 0.162. The van der Waals surface area contributed by atoms with Crippen molar-refractivity contribution in [1.29, 1.82) is 0 Å². The summed E-state index contributed by atoms with van der Waals surface area (Å²) >= 11 is 0. The molecule has 0 amide bonds. The van der Waals surface area contributed by atoms with Crippen LogP contribution in [0.5, 0.6) is 0 Å². The minimum Gasteiger partial charge on any atom is -0.228 e. The van der Waals surface area contributed by atoms with Crippen molar-refractivity contribution in [3.8, 4) is 67.3 Å². The number of nitrogens with zero attached hydrogens (tertiary/aromatic N) is 2. The highest BCUT2D eigenvalue weighted by molar-refractivity contribution is 6.21. The predicted octanol–water partition coefficient (Wildman–Crippen LogP) is 16.9. The highest BCUT2D eigenvalue weighted by Crippen LogP contribution is 2.54. The van der Waals surface area contributed by atoms with Crippen molar-refractivity contribution in [1.82, 2.24) is 9.97 Å². The fourth-order valence-electron chi connectivity index (χ4n) is 11.0. The van der Waals surface area contributed by atoms with Crippen molar-refractivity contribution in [2.24, 2.45) is 0 Å². The van der Waals surface area contributed by atoms with Crippen molar-refractivity contribution in [3.05, 3.63) is 230 Å². The fourth-order valence-corrected chi connectivity index (χ4v) is 11.0. The topological polar surface area (TPSA) is 25.8 Å². The summed E-state index contributed by atoms with van der Waals surface area (Å²) in [5.41, 5.74) is 15.2. The van der Waals surface area contributed by atoms with E-state index in [4.69, 9.17) is 9.97 Å².